The van der Waals surface area contributed by atoms with E-state index in [4.69, 9.17) is 15.2 Å². The molecular formula is C40H60N4O4. The maximum Gasteiger partial charge on any atom is 0.407 e. The summed E-state index contributed by atoms with van der Waals surface area (Å²) in [7, 11) is 0. The smallest absolute Gasteiger partial charge is 0.407 e. The molecule has 0 aliphatic carbocycles. The van der Waals surface area contributed by atoms with E-state index in [1.54, 1.807) is 0 Å². The van der Waals surface area contributed by atoms with Crippen LogP contribution in [-0.4, -0.2) is 48.6 Å². The van der Waals surface area contributed by atoms with Crippen LogP contribution in [0.3, 0.4) is 0 Å². The monoisotopic (exact) mass is 660 g/mol. The average molecular weight is 661 g/mol. The second-order valence-corrected chi connectivity index (χ2v) is 14.6. The number of hydrogen-bond acceptors (Lipinski definition) is 6. The fraction of sp³-hybridized carbons (Fsp3) is 0.500. The topological polar surface area (TPSA) is 115 Å². The second-order valence-electron chi connectivity index (χ2n) is 14.6. The lowest BCUT2D eigenvalue weighted by Crippen LogP contribution is -2.33. The minimum absolute atomic E-state index is 0.158. The zero-order valence-electron chi connectivity index (χ0n) is 30.7. The molecule has 3 aromatic rings. The molecule has 0 spiro atoms. The zero-order valence-corrected chi connectivity index (χ0v) is 30.7. The third-order valence-electron chi connectivity index (χ3n) is 7.08. The number of ether oxygens (including phenoxy) is 2. The molecule has 48 heavy (non-hydrogen) atoms. The maximum atomic E-state index is 11.7. The van der Waals surface area contributed by atoms with Crippen LogP contribution in [0.25, 0.3) is 0 Å². The summed E-state index contributed by atoms with van der Waals surface area (Å²) in [5, 5.41) is 9.25. The lowest BCUT2D eigenvalue weighted by atomic mass is 10.0. The molecule has 0 radical (unpaired) electrons. The summed E-state index contributed by atoms with van der Waals surface area (Å²) in [5.74, 6) is 0. The third-order valence-corrected chi connectivity index (χ3v) is 7.08. The highest BCUT2D eigenvalue weighted by molar-refractivity contribution is 5.68. The van der Waals surface area contributed by atoms with Gasteiger partial charge in [-0.15, -0.1) is 0 Å². The molecule has 0 bridgehead atoms. The van der Waals surface area contributed by atoms with Crippen molar-refractivity contribution in [2.24, 2.45) is 5.73 Å². The van der Waals surface area contributed by atoms with Crippen LogP contribution in [0.5, 0.6) is 0 Å². The first-order chi connectivity index (χ1) is 22.5. The molecule has 0 fully saturated rings. The van der Waals surface area contributed by atoms with Crippen LogP contribution in [0.15, 0.2) is 78.9 Å². The van der Waals surface area contributed by atoms with Crippen LogP contribution >= 0.6 is 0 Å². The van der Waals surface area contributed by atoms with Crippen LogP contribution in [0.2, 0.25) is 0 Å². The molecule has 3 rings (SSSR count). The summed E-state index contributed by atoms with van der Waals surface area (Å²) < 4.78 is 10.5. The summed E-state index contributed by atoms with van der Waals surface area (Å²) in [6.45, 7) is 18.7. The van der Waals surface area contributed by atoms with Gasteiger partial charge in [0, 0.05) is 31.2 Å². The Labute approximate surface area is 289 Å². The highest BCUT2D eigenvalue weighted by Gasteiger charge is 2.16. The molecule has 3 aromatic carbocycles. The van der Waals surface area contributed by atoms with E-state index >= 15 is 0 Å². The van der Waals surface area contributed by atoms with Crippen molar-refractivity contribution in [3.05, 3.63) is 107 Å². The second kappa shape index (κ2) is 19.8. The van der Waals surface area contributed by atoms with E-state index in [-0.39, 0.29) is 18.2 Å². The molecule has 0 aliphatic rings. The Hall–Kier alpha value is -3.88. The standard InChI is InChI=1S/C24H34N2O2.C16H26N2O2/c1-18(26-19(2)22-12-7-6-8-13-22)16-21-11-9-10-20(17-21)14-15-25-23(27)28-24(3,4)5;1-12(17)10-14-7-5-6-13(11-14)8-9-18-15(19)20-16(2,3)4/h6-13,17-19,26H,14-16H2,1-5H3,(H,25,27);5-7,11-12H,8-10,17H2,1-4H3,(H,18,19)/t18-,19-;12-/m11/s1. The number of rotatable bonds is 13. The molecule has 3 atom stereocenters. The summed E-state index contributed by atoms with van der Waals surface area (Å²) in [6.07, 6.45) is 2.67. The molecule has 0 aliphatic heterocycles. The number of carbonyl (C=O) groups excluding carboxylic acids is 2. The van der Waals surface area contributed by atoms with Crippen LogP contribution in [0.1, 0.15) is 96.2 Å². The molecular weight excluding hydrogens is 600 g/mol. The van der Waals surface area contributed by atoms with Gasteiger partial charge in [-0.2, -0.15) is 0 Å². The van der Waals surface area contributed by atoms with Crippen LogP contribution in [-0.2, 0) is 35.2 Å². The predicted octanol–water partition coefficient (Wildman–Crippen LogP) is 7.68. The minimum atomic E-state index is -0.468. The van der Waals surface area contributed by atoms with Crippen molar-refractivity contribution in [3.8, 4) is 0 Å². The number of nitrogens with one attached hydrogen (secondary N) is 3. The van der Waals surface area contributed by atoms with Gasteiger partial charge in [-0.3, -0.25) is 0 Å². The molecule has 0 aromatic heterocycles. The van der Waals surface area contributed by atoms with Crippen molar-refractivity contribution in [1.82, 2.24) is 16.0 Å². The van der Waals surface area contributed by atoms with Crippen molar-refractivity contribution in [3.63, 3.8) is 0 Å². The van der Waals surface area contributed by atoms with E-state index in [2.05, 4.69) is 96.5 Å². The van der Waals surface area contributed by atoms with Crippen molar-refractivity contribution in [1.29, 1.82) is 0 Å². The van der Waals surface area contributed by atoms with Gasteiger partial charge in [0.25, 0.3) is 0 Å². The summed E-state index contributed by atoms with van der Waals surface area (Å²) in [5.41, 5.74) is 11.1. The Morgan fingerprint density at radius 3 is 1.52 bits per heavy atom. The molecule has 5 N–H and O–H groups in total. The summed E-state index contributed by atoms with van der Waals surface area (Å²) in [4.78, 5) is 23.3. The van der Waals surface area contributed by atoms with Crippen molar-refractivity contribution in [2.45, 2.75) is 117 Å². The van der Waals surface area contributed by atoms with Gasteiger partial charge in [0.05, 0.1) is 0 Å². The van der Waals surface area contributed by atoms with E-state index in [9.17, 15) is 9.59 Å². The first-order valence-electron chi connectivity index (χ1n) is 17.1. The molecule has 8 nitrogen and oxygen atoms in total. The van der Waals surface area contributed by atoms with Crippen LogP contribution in [0.4, 0.5) is 9.59 Å². The van der Waals surface area contributed by atoms with Gasteiger partial charge in [-0.25, -0.2) is 9.59 Å². The van der Waals surface area contributed by atoms with Gasteiger partial charge < -0.3 is 31.2 Å². The molecule has 2 amide bonds. The number of nitrogens with two attached hydrogens (primary N) is 1. The highest BCUT2D eigenvalue weighted by atomic mass is 16.6. The fourth-order valence-electron chi connectivity index (χ4n) is 5.12. The first kappa shape index (κ1) is 40.3. The van der Waals surface area contributed by atoms with Gasteiger partial charge in [0.1, 0.15) is 11.2 Å². The van der Waals surface area contributed by atoms with E-state index < -0.39 is 11.2 Å². The molecule has 8 heteroatoms. The molecule has 0 heterocycles. The van der Waals surface area contributed by atoms with Gasteiger partial charge >= 0.3 is 12.2 Å². The van der Waals surface area contributed by atoms with Crippen molar-refractivity contribution in [2.75, 3.05) is 13.1 Å². The largest absolute Gasteiger partial charge is 0.444 e. The Balaban J connectivity index is 0.000000353. The normalized spacial score (nSPS) is 13.3. The highest BCUT2D eigenvalue weighted by Crippen LogP contribution is 2.15. The third kappa shape index (κ3) is 18.5. The van der Waals surface area contributed by atoms with E-state index in [0.29, 0.717) is 25.2 Å². The number of benzene rings is 3. The number of amides is 2. The lowest BCUT2D eigenvalue weighted by molar-refractivity contribution is 0.0517. The Morgan fingerprint density at radius 1 is 0.646 bits per heavy atom. The quantitative estimate of drug-likeness (QED) is 0.150. The van der Waals surface area contributed by atoms with E-state index in [1.165, 1.54) is 27.8 Å². The zero-order chi connectivity index (χ0) is 35.7. The summed E-state index contributed by atoms with van der Waals surface area (Å²) >= 11 is 0. The SMILES string of the molecule is C[C@@H](N)Cc1cccc(CCNC(=O)OC(C)(C)C)c1.C[C@H](Cc1cccc(CCNC(=O)OC(C)(C)C)c1)N[C@H](C)c1ccccc1. The molecule has 0 unspecified atom stereocenters. The van der Waals surface area contributed by atoms with Crippen molar-refractivity contribution < 1.29 is 19.1 Å². The van der Waals surface area contributed by atoms with Crippen molar-refractivity contribution >= 4 is 12.2 Å². The van der Waals surface area contributed by atoms with Gasteiger partial charge in [0.15, 0.2) is 0 Å². The van der Waals surface area contributed by atoms with E-state index in [0.717, 1.165) is 25.7 Å². The fourth-order valence-corrected chi connectivity index (χ4v) is 5.12. The van der Waals surface area contributed by atoms with E-state index in [1.807, 2.05) is 60.6 Å². The molecule has 0 saturated carbocycles. The van der Waals surface area contributed by atoms with Gasteiger partial charge in [-0.05, 0) is 116 Å². The van der Waals surface area contributed by atoms with Gasteiger partial charge in [-0.1, -0.05) is 78.9 Å². The Morgan fingerprint density at radius 2 is 1.08 bits per heavy atom. The number of carbonyl (C=O) groups is 2. The predicted molar refractivity (Wildman–Crippen MR) is 197 cm³/mol. The Kier molecular flexibility index (Phi) is 16.6. The molecule has 0 saturated heterocycles. The first-order valence-corrected chi connectivity index (χ1v) is 17.1. The average Bonchev–Trinajstić information content (AvgIpc) is 2.96. The number of alkyl carbamates (subject to hydrolysis) is 2. The van der Waals surface area contributed by atoms with Crippen LogP contribution in [0, 0.1) is 0 Å². The lowest BCUT2D eigenvalue weighted by Gasteiger charge is -2.21. The maximum absolute atomic E-state index is 11.7. The summed E-state index contributed by atoms with van der Waals surface area (Å²) in [6, 6.07) is 28.2. The number of hydrogen-bond donors (Lipinski definition) is 4. The molecule has 264 valence electrons. The van der Waals surface area contributed by atoms with Crippen LogP contribution < -0.4 is 21.7 Å². The van der Waals surface area contributed by atoms with Gasteiger partial charge in [0.2, 0.25) is 0 Å². The Bertz CT molecular complexity index is 1380. The minimum Gasteiger partial charge on any atom is -0.444 e.